The normalized spacial score (nSPS) is 20.5. The van der Waals surface area contributed by atoms with Crippen LogP contribution in [0.25, 0.3) is 16.8 Å². The zero-order chi connectivity index (χ0) is 22.1. The third-order valence-corrected chi connectivity index (χ3v) is 7.66. The topological polar surface area (TPSA) is 15.3 Å². The minimum absolute atomic E-state index is 0.514. The van der Waals surface area contributed by atoms with Gasteiger partial charge in [-0.05, 0) is 91.2 Å². The zero-order valence-electron chi connectivity index (χ0n) is 19.5. The summed E-state index contributed by atoms with van der Waals surface area (Å²) >= 11 is 0. The van der Waals surface area contributed by atoms with Crippen LogP contribution in [0.5, 0.6) is 0 Å². The highest BCUT2D eigenvalue weighted by Gasteiger charge is 2.36. The molecule has 3 aliphatic rings. The fourth-order valence-electron chi connectivity index (χ4n) is 5.69. The lowest BCUT2D eigenvalue weighted by Crippen LogP contribution is -2.38. The number of nitrogens with zero attached hydrogens (tertiary/aromatic N) is 1. The van der Waals surface area contributed by atoms with E-state index in [4.69, 9.17) is 0 Å². The molecule has 1 saturated carbocycles. The summed E-state index contributed by atoms with van der Waals surface area (Å²) in [6, 6.07) is 17.3. The number of allylic oxidation sites excluding steroid dienone is 2. The lowest BCUT2D eigenvalue weighted by molar-refractivity contribution is 0.259. The molecule has 166 valence electrons. The van der Waals surface area contributed by atoms with Gasteiger partial charge in [-0.3, -0.25) is 0 Å². The van der Waals surface area contributed by atoms with Gasteiger partial charge in [0.15, 0.2) is 0 Å². The molecule has 0 aliphatic heterocycles. The molecule has 1 fully saturated rings. The molecule has 0 radical (unpaired) electrons. The Hall–Kier alpha value is -2.74. The number of aryl methyl sites for hydroxylation is 2. The summed E-state index contributed by atoms with van der Waals surface area (Å²) in [6.07, 6.45) is 13.1. The van der Waals surface area contributed by atoms with Crippen molar-refractivity contribution in [2.45, 2.75) is 69.9 Å². The van der Waals surface area contributed by atoms with Gasteiger partial charge in [0.05, 0.1) is 0 Å². The summed E-state index contributed by atoms with van der Waals surface area (Å²) in [5, 5.41) is 3.38. The second kappa shape index (κ2) is 9.02. The first-order chi connectivity index (χ1) is 15.7. The molecular formula is C30H36N2. The molecule has 0 amide bonds. The van der Waals surface area contributed by atoms with E-state index in [-0.39, 0.29) is 0 Å². The molecule has 0 spiro atoms. The van der Waals surface area contributed by atoms with E-state index in [0.717, 1.165) is 12.8 Å². The van der Waals surface area contributed by atoms with Crippen LogP contribution >= 0.6 is 0 Å². The highest BCUT2D eigenvalue weighted by molar-refractivity contribution is 5.70. The first kappa shape index (κ1) is 21.1. The minimum Gasteiger partial charge on any atom is -0.391 e. The summed E-state index contributed by atoms with van der Waals surface area (Å²) in [6.45, 7) is 8.65. The Morgan fingerprint density at radius 1 is 0.906 bits per heavy atom. The largest absolute Gasteiger partial charge is 0.391 e. The van der Waals surface area contributed by atoms with E-state index >= 15 is 0 Å². The molecule has 1 unspecified atom stereocenters. The minimum atomic E-state index is 0.514. The van der Waals surface area contributed by atoms with Crippen molar-refractivity contribution in [2.75, 3.05) is 7.05 Å². The lowest BCUT2D eigenvalue weighted by atomic mass is 9.88. The van der Waals surface area contributed by atoms with Gasteiger partial charge in [-0.25, -0.2) is 0 Å². The van der Waals surface area contributed by atoms with E-state index < -0.39 is 0 Å². The van der Waals surface area contributed by atoms with Gasteiger partial charge in [-0.1, -0.05) is 61.7 Å². The maximum Gasteiger partial charge on any atom is 0.0371 e. The van der Waals surface area contributed by atoms with Crippen molar-refractivity contribution >= 4 is 5.70 Å². The molecule has 1 N–H and O–H groups in total. The van der Waals surface area contributed by atoms with Crippen LogP contribution in [0, 0.1) is 0 Å². The van der Waals surface area contributed by atoms with E-state index in [0.29, 0.717) is 12.1 Å². The maximum absolute atomic E-state index is 4.58. The Morgan fingerprint density at radius 2 is 1.62 bits per heavy atom. The van der Waals surface area contributed by atoms with Gasteiger partial charge in [-0.15, -0.1) is 0 Å². The summed E-state index contributed by atoms with van der Waals surface area (Å²) < 4.78 is 0. The third-order valence-electron chi connectivity index (χ3n) is 7.66. The zero-order valence-corrected chi connectivity index (χ0v) is 19.5. The van der Waals surface area contributed by atoms with Crippen LogP contribution in [-0.2, 0) is 12.8 Å². The molecule has 2 nitrogen and oxygen atoms in total. The highest BCUT2D eigenvalue weighted by Crippen LogP contribution is 2.40. The number of rotatable bonds is 7. The van der Waals surface area contributed by atoms with Crippen LogP contribution in [0.15, 0.2) is 73.0 Å². The number of fused-ring (bicyclic) bond motifs is 1. The second-order valence-corrected chi connectivity index (χ2v) is 9.71. The molecule has 0 heterocycles. The van der Waals surface area contributed by atoms with E-state index in [1.54, 1.807) is 11.1 Å². The molecule has 0 aromatic heterocycles. The summed E-state index contributed by atoms with van der Waals surface area (Å²) in [4.78, 5) is 2.63. The van der Waals surface area contributed by atoms with Crippen molar-refractivity contribution in [3.63, 3.8) is 0 Å². The highest BCUT2D eigenvalue weighted by atomic mass is 15.2. The van der Waals surface area contributed by atoms with Crippen molar-refractivity contribution < 1.29 is 0 Å². The Kier molecular flexibility index (Phi) is 5.95. The molecule has 1 atom stereocenters. The molecular weight excluding hydrogens is 388 g/mol. The van der Waals surface area contributed by atoms with Gasteiger partial charge in [0.1, 0.15) is 0 Å². The van der Waals surface area contributed by atoms with Gasteiger partial charge in [0.25, 0.3) is 0 Å². The molecule has 3 aliphatic carbocycles. The van der Waals surface area contributed by atoms with Gasteiger partial charge in [0, 0.05) is 30.5 Å². The van der Waals surface area contributed by atoms with Crippen LogP contribution in [-0.4, -0.2) is 24.0 Å². The Balaban J connectivity index is 1.35. The van der Waals surface area contributed by atoms with Gasteiger partial charge >= 0.3 is 0 Å². The van der Waals surface area contributed by atoms with Crippen molar-refractivity contribution in [1.29, 1.82) is 0 Å². The Bertz CT molecular complexity index is 1040. The molecule has 2 aromatic rings. The Labute approximate surface area is 193 Å². The molecule has 0 saturated heterocycles. The quantitative estimate of drug-likeness (QED) is 0.521. The standard InChI is InChI=1S/C30H36N2/c1-4-22-20-29(17-18-30(22)31-3)32(28-15-16-28)21(2)23-9-11-25(12-10-23)27-14-13-24-7-5-6-8-26(24)19-27/h4,9-14,19,28-29,31H,1-2,5-8,15-18,20H2,3H3. The summed E-state index contributed by atoms with van der Waals surface area (Å²) in [5.41, 5.74) is 10.9. The lowest BCUT2D eigenvalue weighted by Gasteiger charge is -2.39. The van der Waals surface area contributed by atoms with E-state index in [1.165, 1.54) is 78.6 Å². The number of nitrogens with one attached hydrogen (secondary N) is 1. The van der Waals surface area contributed by atoms with Crippen LogP contribution in [0.4, 0.5) is 0 Å². The van der Waals surface area contributed by atoms with Gasteiger partial charge in [-0.2, -0.15) is 0 Å². The Morgan fingerprint density at radius 3 is 2.31 bits per heavy atom. The number of hydrogen-bond acceptors (Lipinski definition) is 2. The van der Waals surface area contributed by atoms with Gasteiger partial charge in [0.2, 0.25) is 0 Å². The summed E-state index contributed by atoms with van der Waals surface area (Å²) in [5.74, 6) is 0. The molecule has 5 rings (SSSR count). The predicted molar refractivity (Wildman–Crippen MR) is 136 cm³/mol. The van der Waals surface area contributed by atoms with E-state index in [2.05, 4.69) is 65.8 Å². The maximum atomic E-state index is 4.58. The second-order valence-electron chi connectivity index (χ2n) is 9.71. The first-order valence-electron chi connectivity index (χ1n) is 12.4. The van der Waals surface area contributed by atoms with Crippen LogP contribution < -0.4 is 5.32 Å². The van der Waals surface area contributed by atoms with E-state index in [1.807, 2.05) is 13.1 Å². The van der Waals surface area contributed by atoms with Crippen molar-refractivity contribution in [3.8, 4) is 11.1 Å². The smallest absolute Gasteiger partial charge is 0.0371 e. The molecule has 2 heteroatoms. The monoisotopic (exact) mass is 424 g/mol. The van der Waals surface area contributed by atoms with Crippen molar-refractivity contribution in [3.05, 3.63) is 89.7 Å². The van der Waals surface area contributed by atoms with Crippen LogP contribution in [0.1, 0.15) is 61.6 Å². The van der Waals surface area contributed by atoms with Crippen LogP contribution in [0.3, 0.4) is 0 Å². The number of hydrogen-bond donors (Lipinski definition) is 1. The first-order valence-corrected chi connectivity index (χ1v) is 12.4. The molecule has 0 bridgehead atoms. The van der Waals surface area contributed by atoms with Crippen LogP contribution in [0.2, 0.25) is 0 Å². The number of benzene rings is 2. The average Bonchev–Trinajstić information content (AvgIpc) is 3.69. The van der Waals surface area contributed by atoms with Crippen molar-refractivity contribution in [2.24, 2.45) is 0 Å². The van der Waals surface area contributed by atoms with Gasteiger partial charge < -0.3 is 10.2 Å². The average molecular weight is 425 g/mol. The summed E-state index contributed by atoms with van der Waals surface area (Å²) in [7, 11) is 2.03. The predicted octanol–water partition coefficient (Wildman–Crippen LogP) is 6.88. The fraction of sp³-hybridized carbons (Fsp3) is 0.400. The third kappa shape index (κ3) is 4.16. The molecule has 2 aromatic carbocycles. The van der Waals surface area contributed by atoms with Crippen molar-refractivity contribution in [1.82, 2.24) is 10.2 Å². The molecule has 32 heavy (non-hydrogen) atoms. The van der Waals surface area contributed by atoms with E-state index in [9.17, 15) is 0 Å². The fourth-order valence-corrected chi connectivity index (χ4v) is 5.69. The SMILES string of the molecule is C=CC1=C(NC)CCC(N(C(=C)c2ccc(-c3ccc4c(c3)CCCC4)cc2)C2CC2)C1.